The molecule has 1 heterocycles. The van der Waals surface area contributed by atoms with Gasteiger partial charge in [-0.3, -0.25) is 0 Å². The molecule has 1 saturated heterocycles. The summed E-state index contributed by atoms with van der Waals surface area (Å²) < 4.78 is 12.1. The summed E-state index contributed by atoms with van der Waals surface area (Å²) in [6.07, 6.45) is 3.98. The second-order valence-electron chi connectivity index (χ2n) is 7.89. The van der Waals surface area contributed by atoms with Crippen molar-refractivity contribution in [1.29, 1.82) is 0 Å². The lowest BCUT2D eigenvalue weighted by Gasteiger charge is -2.22. The smallest absolute Gasteiger partial charge is 0.120 e. The zero-order valence-corrected chi connectivity index (χ0v) is 17.1. The van der Waals surface area contributed by atoms with Gasteiger partial charge in [0.1, 0.15) is 17.6 Å². The van der Waals surface area contributed by atoms with Crippen molar-refractivity contribution in [2.45, 2.75) is 38.4 Å². The summed E-state index contributed by atoms with van der Waals surface area (Å²) in [7, 11) is 0. The Hall–Kier alpha value is -2.66. The molecule has 2 aliphatic rings. The molecule has 2 N–H and O–H groups in total. The van der Waals surface area contributed by atoms with E-state index in [1.54, 1.807) is 0 Å². The summed E-state index contributed by atoms with van der Waals surface area (Å²) in [6, 6.07) is 14.4. The second-order valence-corrected chi connectivity index (χ2v) is 7.89. The fraction of sp³-hybridized carbons (Fsp3) is 0.417. The number of rotatable bonds is 9. The molecule has 1 aliphatic carbocycles. The van der Waals surface area contributed by atoms with E-state index >= 15 is 0 Å². The summed E-state index contributed by atoms with van der Waals surface area (Å²) in [5, 5.41) is 12.0. The van der Waals surface area contributed by atoms with Gasteiger partial charge < -0.3 is 24.8 Å². The molecule has 0 aromatic heterocycles. The molecule has 0 unspecified atom stereocenters. The molecule has 0 amide bonds. The van der Waals surface area contributed by atoms with E-state index in [0.29, 0.717) is 12.6 Å². The van der Waals surface area contributed by atoms with Crippen LogP contribution in [0, 0.1) is 6.92 Å². The van der Waals surface area contributed by atoms with Gasteiger partial charge in [0.25, 0.3) is 0 Å². The topological polar surface area (TPSA) is 54.0 Å². The van der Waals surface area contributed by atoms with Crippen LogP contribution in [0.1, 0.15) is 30.4 Å². The van der Waals surface area contributed by atoms with Crippen LogP contribution in [0.4, 0.5) is 5.69 Å². The number of aryl methyl sites for hydroxylation is 1. The van der Waals surface area contributed by atoms with Crippen molar-refractivity contribution in [1.82, 2.24) is 5.32 Å². The number of ether oxygens (including phenoxy) is 2. The number of anilines is 1. The molecule has 29 heavy (non-hydrogen) atoms. The van der Waals surface area contributed by atoms with E-state index in [9.17, 15) is 0 Å². The first kappa shape index (κ1) is 19.6. The van der Waals surface area contributed by atoms with Gasteiger partial charge in [-0.1, -0.05) is 6.58 Å². The van der Waals surface area contributed by atoms with Crippen LogP contribution in [0.15, 0.2) is 49.0 Å². The summed E-state index contributed by atoms with van der Waals surface area (Å²) >= 11 is 0. The van der Waals surface area contributed by atoms with Crippen LogP contribution in [0.5, 0.6) is 11.5 Å². The number of nitrogens with zero attached hydrogens (tertiary/aromatic N) is 1. The molecule has 2 fully saturated rings. The zero-order chi connectivity index (χ0) is 20.2. The van der Waals surface area contributed by atoms with Gasteiger partial charge in [-0.2, -0.15) is 0 Å². The first-order valence-electron chi connectivity index (χ1n) is 10.5. The third-order valence-corrected chi connectivity index (χ3v) is 5.44. The van der Waals surface area contributed by atoms with Crippen LogP contribution in [-0.2, 0) is 0 Å². The second kappa shape index (κ2) is 8.78. The van der Waals surface area contributed by atoms with Crippen LogP contribution >= 0.6 is 0 Å². The molecule has 0 bridgehead atoms. The summed E-state index contributed by atoms with van der Waals surface area (Å²) in [4.78, 5) is 2.40. The molecule has 1 aliphatic heterocycles. The van der Waals surface area contributed by atoms with Crippen molar-refractivity contribution < 1.29 is 14.6 Å². The molecular formula is C24H30N2O3. The Morgan fingerprint density at radius 1 is 1.07 bits per heavy atom. The minimum Gasteiger partial charge on any atom is -0.490 e. The Balaban J connectivity index is 1.32. The van der Waals surface area contributed by atoms with Gasteiger partial charge in [0, 0.05) is 30.9 Å². The molecule has 5 heteroatoms. The van der Waals surface area contributed by atoms with Gasteiger partial charge in [-0.25, -0.2) is 0 Å². The molecular weight excluding hydrogens is 364 g/mol. The predicted octanol–water partition coefficient (Wildman–Crippen LogP) is 3.75. The Bertz CT molecular complexity index is 846. The average molecular weight is 395 g/mol. The van der Waals surface area contributed by atoms with Crippen molar-refractivity contribution in [3.63, 3.8) is 0 Å². The first-order chi connectivity index (χ1) is 14.1. The van der Waals surface area contributed by atoms with E-state index in [1.807, 2.05) is 24.3 Å². The van der Waals surface area contributed by atoms with Crippen molar-refractivity contribution in [3.05, 3.63) is 60.2 Å². The molecule has 2 aromatic carbocycles. The normalized spacial score (nSPS) is 18.6. The predicted molar refractivity (Wildman–Crippen MR) is 117 cm³/mol. The highest BCUT2D eigenvalue weighted by Crippen LogP contribution is 2.32. The number of aliphatic hydroxyl groups is 1. The highest BCUT2D eigenvalue weighted by Gasteiger charge is 2.26. The standard InChI is InChI=1S/C24H30N2O3/c1-17-15-22(28-21-7-8-21)9-10-24(17)26-13-11-23(16-26)29-20-5-3-19(4-6-20)18(2)25-12-14-27/h3-6,9-10,15,21,23,25,27H,2,7-8,11-14,16H2,1H3/t23-/m1/s1. The lowest BCUT2D eigenvalue weighted by molar-refractivity contribution is 0.225. The highest BCUT2D eigenvalue weighted by atomic mass is 16.5. The Kier molecular flexibility index (Phi) is 5.95. The number of benzene rings is 2. The van der Waals surface area contributed by atoms with Gasteiger partial charge in [0.2, 0.25) is 0 Å². The summed E-state index contributed by atoms with van der Waals surface area (Å²) in [5.74, 6) is 1.86. The van der Waals surface area contributed by atoms with Crippen LogP contribution in [0.3, 0.4) is 0 Å². The van der Waals surface area contributed by atoms with E-state index in [4.69, 9.17) is 14.6 Å². The third-order valence-electron chi connectivity index (χ3n) is 5.44. The van der Waals surface area contributed by atoms with Crippen LogP contribution in [0.25, 0.3) is 5.70 Å². The minimum atomic E-state index is 0.0914. The van der Waals surface area contributed by atoms with Crippen LogP contribution < -0.4 is 19.7 Å². The third kappa shape index (κ3) is 5.04. The number of hydrogen-bond donors (Lipinski definition) is 2. The van der Waals surface area contributed by atoms with Crippen LogP contribution in [-0.4, -0.2) is 43.6 Å². The minimum absolute atomic E-state index is 0.0914. The molecule has 1 atom stereocenters. The Morgan fingerprint density at radius 2 is 1.79 bits per heavy atom. The molecule has 4 rings (SSSR count). The quantitative estimate of drug-likeness (QED) is 0.679. The fourth-order valence-corrected chi connectivity index (χ4v) is 3.71. The van der Waals surface area contributed by atoms with E-state index < -0.39 is 0 Å². The van der Waals surface area contributed by atoms with E-state index in [2.05, 4.69) is 41.9 Å². The number of aliphatic hydroxyl groups excluding tert-OH is 1. The van der Waals surface area contributed by atoms with Crippen molar-refractivity contribution in [2.75, 3.05) is 31.1 Å². The maximum Gasteiger partial charge on any atom is 0.120 e. The largest absolute Gasteiger partial charge is 0.490 e. The van der Waals surface area contributed by atoms with Crippen molar-refractivity contribution >= 4 is 11.4 Å². The summed E-state index contributed by atoms with van der Waals surface area (Å²) in [5.41, 5.74) is 4.33. The van der Waals surface area contributed by atoms with Gasteiger partial charge >= 0.3 is 0 Å². The Morgan fingerprint density at radius 3 is 2.48 bits per heavy atom. The van der Waals surface area contributed by atoms with E-state index in [-0.39, 0.29) is 12.7 Å². The SMILES string of the molecule is C=C(NCCO)c1ccc(O[C@@H]2CCN(c3ccc(OC4CC4)cc3C)C2)cc1. The molecule has 5 nitrogen and oxygen atoms in total. The average Bonchev–Trinajstić information content (AvgIpc) is 3.42. The van der Waals surface area contributed by atoms with Gasteiger partial charge in [-0.05, 0) is 73.4 Å². The van der Waals surface area contributed by atoms with Crippen LogP contribution in [0.2, 0.25) is 0 Å². The lowest BCUT2D eigenvalue weighted by Crippen LogP contribution is -2.25. The monoisotopic (exact) mass is 394 g/mol. The molecule has 0 radical (unpaired) electrons. The molecule has 1 saturated carbocycles. The maximum atomic E-state index is 8.90. The van der Waals surface area contributed by atoms with E-state index in [1.165, 1.54) is 24.1 Å². The van der Waals surface area contributed by atoms with Crippen molar-refractivity contribution in [2.24, 2.45) is 0 Å². The molecule has 0 spiro atoms. The highest BCUT2D eigenvalue weighted by molar-refractivity contribution is 5.62. The van der Waals surface area contributed by atoms with E-state index in [0.717, 1.165) is 42.3 Å². The lowest BCUT2D eigenvalue weighted by atomic mass is 10.1. The zero-order valence-electron chi connectivity index (χ0n) is 17.1. The van der Waals surface area contributed by atoms with Gasteiger partial charge in [-0.15, -0.1) is 0 Å². The fourth-order valence-electron chi connectivity index (χ4n) is 3.71. The van der Waals surface area contributed by atoms with Gasteiger partial charge in [0.15, 0.2) is 0 Å². The Labute approximate surface area is 172 Å². The van der Waals surface area contributed by atoms with Gasteiger partial charge in [0.05, 0.1) is 19.3 Å². The number of nitrogens with one attached hydrogen (secondary N) is 1. The number of hydrogen-bond acceptors (Lipinski definition) is 5. The maximum absolute atomic E-state index is 8.90. The molecule has 2 aromatic rings. The summed E-state index contributed by atoms with van der Waals surface area (Å²) in [6.45, 7) is 8.62. The first-order valence-corrected chi connectivity index (χ1v) is 10.5. The molecule has 154 valence electrons. The van der Waals surface area contributed by atoms with Crippen molar-refractivity contribution in [3.8, 4) is 11.5 Å².